The predicted octanol–water partition coefficient (Wildman–Crippen LogP) is 4.15. The molecule has 1 aliphatic rings. The summed E-state index contributed by atoms with van der Waals surface area (Å²) in [4.78, 5) is 15.2. The maximum Gasteiger partial charge on any atom is 0.246 e. The topological polar surface area (TPSA) is 69.7 Å². The number of hydrogen-bond acceptors (Lipinski definition) is 4. The van der Waals surface area contributed by atoms with Crippen LogP contribution >= 0.6 is 11.6 Å². The third-order valence-corrected chi connectivity index (χ3v) is 7.91. The molecule has 0 radical (unpaired) electrons. The Kier molecular flexibility index (Phi) is 7.06. The number of benzene rings is 2. The summed E-state index contributed by atoms with van der Waals surface area (Å²) in [5, 5.41) is 3.13. The summed E-state index contributed by atoms with van der Waals surface area (Å²) in [6.45, 7) is 6.95. The number of aryl methyl sites for hydroxylation is 1. The largest absolute Gasteiger partial charge is 0.360 e. The van der Waals surface area contributed by atoms with Gasteiger partial charge in [0.25, 0.3) is 0 Å². The number of carbonyl (C=O) groups is 1. The van der Waals surface area contributed by atoms with Gasteiger partial charge in [0, 0.05) is 25.3 Å². The quantitative estimate of drug-likeness (QED) is 0.689. The second-order valence-electron chi connectivity index (χ2n) is 7.32. The highest BCUT2D eigenvalue weighted by molar-refractivity contribution is 7.89. The molecule has 1 atom stereocenters. The second-order valence-corrected chi connectivity index (χ2v) is 9.67. The Morgan fingerprint density at radius 3 is 2.60 bits per heavy atom. The minimum Gasteiger partial charge on any atom is -0.360 e. The van der Waals surface area contributed by atoms with E-state index in [1.807, 2.05) is 25.1 Å². The number of para-hydroxylation sites is 1. The van der Waals surface area contributed by atoms with Gasteiger partial charge in [0.2, 0.25) is 15.9 Å². The van der Waals surface area contributed by atoms with Gasteiger partial charge >= 0.3 is 0 Å². The number of nitrogens with one attached hydrogen (secondary N) is 1. The van der Waals surface area contributed by atoms with Gasteiger partial charge in [0.1, 0.15) is 6.04 Å². The molecule has 162 valence electrons. The van der Waals surface area contributed by atoms with Crippen LogP contribution in [-0.4, -0.2) is 44.3 Å². The third kappa shape index (κ3) is 4.48. The highest BCUT2D eigenvalue weighted by atomic mass is 35.5. The van der Waals surface area contributed by atoms with Crippen LogP contribution in [0.25, 0.3) is 0 Å². The molecule has 3 rings (SSSR count). The summed E-state index contributed by atoms with van der Waals surface area (Å²) >= 11 is 6.27. The molecule has 1 aliphatic heterocycles. The maximum atomic E-state index is 13.0. The lowest BCUT2D eigenvalue weighted by Gasteiger charge is -2.35. The van der Waals surface area contributed by atoms with Crippen molar-refractivity contribution in [2.75, 3.05) is 29.9 Å². The number of hydrogen-bond donors (Lipinski definition) is 1. The first-order chi connectivity index (χ1) is 14.3. The fourth-order valence-corrected chi connectivity index (χ4v) is 5.47. The summed E-state index contributed by atoms with van der Waals surface area (Å²) < 4.78 is 27.0. The van der Waals surface area contributed by atoms with Crippen molar-refractivity contribution in [1.29, 1.82) is 0 Å². The van der Waals surface area contributed by atoms with E-state index in [-0.39, 0.29) is 10.8 Å². The van der Waals surface area contributed by atoms with E-state index in [4.69, 9.17) is 11.6 Å². The van der Waals surface area contributed by atoms with Gasteiger partial charge in [-0.25, -0.2) is 8.42 Å². The third-order valence-electron chi connectivity index (χ3n) is 5.53. The first-order valence-electron chi connectivity index (χ1n) is 10.2. The molecule has 2 aromatic rings. The van der Waals surface area contributed by atoms with Crippen molar-refractivity contribution in [3.8, 4) is 0 Å². The van der Waals surface area contributed by atoms with Gasteiger partial charge in [0.05, 0.1) is 15.6 Å². The molecule has 1 unspecified atom stereocenters. The van der Waals surface area contributed by atoms with Gasteiger partial charge in [-0.05, 0) is 49.6 Å². The van der Waals surface area contributed by atoms with Gasteiger partial charge in [-0.3, -0.25) is 4.79 Å². The zero-order valence-electron chi connectivity index (χ0n) is 17.6. The molecule has 0 saturated carbocycles. The summed E-state index contributed by atoms with van der Waals surface area (Å²) in [5.41, 5.74) is 2.59. The lowest BCUT2D eigenvalue weighted by Crippen LogP contribution is -2.44. The van der Waals surface area contributed by atoms with E-state index in [0.717, 1.165) is 25.1 Å². The molecular weight excluding hydrogens is 422 g/mol. The maximum absolute atomic E-state index is 13.0. The van der Waals surface area contributed by atoms with Crippen LogP contribution in [0.4, 0.5) is 11.4 Å². The SMILES string of the molecule is CCN(CC)S(=O)(=O)c1ccc(Cl)c(NC(=O)C(C)N2CCCc3ccccc32)c1. The van der Waals surface area contributed by atoms with Crippen LogP contribution in [-0.2, 0) is 21.2 Å². The van der Waals surface area contributed by atoms with Crippen LogP contribution in [0.1, 0.15) is 32.8 Å². The Balaban J connectivity index is 1.84. The number of carbonyl (C=O) groups excluding carboxylic acids is 1. The number of rotatable bonds is 7. The number of fused-ring (bicyclic) bond motifs is 1. The van der Waals surface area contributed by atoms with E-state index in [1.165, 1.54) is 28.1 Å². The molecule has 0 spiro atoms. The van der Waals surface area contributed by atoms with Crippen LogP contribution in [0.15, 0.2) is 47.4 Å². The van der Waals surface area contributed by atoms with Crippen molar-refractivity contribution in [2.45, 2.75) is 44.6 Å². The van der Waals surface area contributed by atoms with E-state index in [2.05, 4.69) is 16.3 Å². The highest BCUT2D eigenvalue weighted by Gasteiger charge is 2.27. The highest BCUT2D eigenvalue weighted by Crippen LogP contribution is 2.30. The Morgan fingerprint density at radius 2 is 1.90 bits per heavy atom. The van der Waals surface area contributed by atoms with Crippen molar-refractivity contribution in [3.63, 3.8) is 0 Å². The summed E-state index contributed by atoms with van der Waals surface area (Å²) in [5.74, 6) is -0.231. The van der Waals surface area contributed by atoms with Crippen molar-refractivity contribution in [2.24, 2.45) is 0 Å². The molecular formula is C22H28ClN3O3S. The number of anilines is 2. The molecule has 0 fully saturated rings. The van der Waals surface area contributed by atoms with Crippen LogP contribution in [0.3, 0.4) is 0 Å². The summed E-state index contributed by atoms with van der Waals surface area (Å²) in [7, 11) is -3.64. The van der Waals surface area contributed by atoms with Crippen LogP contribution in [0.5, 0.6) is 0 Å². The average molecular weight is 450 g/mol. The Bertz CT molecular complexity index is 1020. The van der Waals surface area contributed by atoms with Crippen LogP contribution < -0.4 is 10.2 Å². The fraction of sp³-hybridized carbons (Fsp3) is 0.409. The second kappa shape index (κ2) is 9.37. The van der Waals surface area contributed by atoms with Crippen molar-refractivity contribution < 1.29 is 13.2 Å². The first kappa shape index (κ1) is 22.6. The van der Waals surface area contributed by atoms with E-state index in [1.54, 1.807) is 13.8 Å². The summed E-state index contributed by atoms with van der Waals surface area (Å²) in [6, 6.07) is 12.1. The fourth-order valence-electron chi connectivity index (χ4n) is 3.82. The molecule has 8 heteroatoms. The first-order valence-corrected chi connectivity index (χ1v) is 12.1. The minimum absolute atomic E-state index is 0.113. The zero-order valence-corrected chi connectivity index (χ0v) is 19.1. The Labute approximate surface area is 183 Å². The molecule has 0 aliphatic carbocycles. The van der Waals surface area contributed by atoms with Crippen LogP contribution in [0, 0.1) is 0 Å². The number of nitrogens with zero attached hydrogens (tertiary/aromatic N) is 2. The average Bonchev–Trinajstić information content (AvgIpc) is 2.74. The Morgan fingerprint density at radius 1 is 1.20 bits per heavy atom. The standard InChI is InChI=1S/C22H28ClN3O3S/c1-4-25(5-2)30(28,29)18-12-13-19(23)20(15-18)24-22(27)16(3)26-14-8-10-17-9-6-7-11-21(17)26/h6-7,9,11-13,15-16H,4-5,8,10,14H2,1-3H3,(H,24,27). The smallest absolute Gasteiger partial charge is 0.246 e. The van der Waals surface area contributed by atoms with E-state index >= 15 is 0 Å². The molecule has 30 heavy (non-hydrogen) atoms. The van der Waals surface area contributed by atoms with Gasteiger partial charge in [-0.2, -0.15) is 4.31 Å². The van der Waals surface area contributed by atoms with Crippen molar-refractivity contribution in [3.05, 3.63) is 53.1 Å². The van der Waals surface area contributed by atoms with E-state index in [0.29, 0.717) is 23.8 Å². The van der Waals surface area contributed by atoms with Crippen LogP contribution in [0.2, 0.25) is 5.02 Å². The minimum atomic E-state index is -3.64. The van der Waals surface area contributed by atoms with Gasteiger partial charge in [-0.15, -0.1) is 0 Å². The number of halogens is 1. The molecule has 0 bridgehead atoms. The lowest BCUT2D eigenvalue weighted by atomic mass is 10.00. The van der Waals surface area contributed by atoms with Gasteiger partial charge in [-0.1, -0.05) is 43.6 Å². The molecule has 1 heterocycles. The normalized spacial score (nSPS) is 15.0. The monoisotopic (exact) mass is 449 g/mol. The molecule has 0 aromatic heterocycles. The lowest BCUT2D eigenvalue weighted by molar-refractivity contribution is -0.117. The molecule has 6 nitrogen and oxygen atoms in total. The summed E-state index contributed by atoms with van der Waals surface area (Å²) in [6.07, 6.45) is 1.98. The molecule has 0 saturated heterocycles. The predicted molar refractivity (Wildman–Crippen MR) is 122 cm³/mol. The van der Waals surface area contributed by atoms with Gasteiger partial charge in [0.15, 0.2) is 0 Å². The number of sulfonamides is 1. The van der Waals surface area contributed by atoms with Crippen molar-refractivity contribution >= 4 is 38.9 Å². The molecule has 1 amide bonds. The number of amides is 1. The van der Waals surface area contributed by atoms with E-state index < -0.39 is 16.1 Å². The molecule has 1 N–H and O–H groups in total. The zero-order chi connectivity index (χ0) is 21.9. The van der Waals surface area contributed by atoms with E-state index in [9.17, 15) is 13.2 Å². The Hall–Kier alpha value is -2.09. The van der Waals surface area contributed by atoms with Crippen molar-refractivity contribution in [1.82, 2.24) is 4.31 Å². The molecule has 2 aromatic carbocycles. The van der Waals surface area contributed by atoms with Gasteiger partial charge < -0.3 is 10.2 Å².